The van der Waals surface area contributed by atoms with E-state index in [0.29, 0.717) is 30.4 Å². The van der Waals surface area contributed by atoms with Gasteiger partial charge in [-0.1, -0.05) is 19.1 Å². The minimum Gasteiger partial charge on any atom is -0.397 e. The molecule has 0 amide bonds. The Kier molecular flexibility index (Phi) is 3.77. The molecule has 2 rings (SSSR count). The second-order valence-electron chi connectivity index (χ2n) is 4.78. The van der Waals surface area contributed by atoms with Crippen molar-refractivity contribution in [3.8, 4) is 0 Å². The predicted octanol–water partition coefficient (Wildman–Crippen LogP) is 1.66. The van der Waals surface area contributed by atoms with E-state index in [4.69, 9.17) is 5.73 Å². The fourth-order valence-electron chi connectivity index (χ4n) is 2.02. The Morgan fingerprint density at radius 1 is 1.28 bits per heavy atom. The Bertz CT molecular complexity index is 508. The molecule has 0 spiro atoms. The number of piperidine rings is 1. The zero-order chi connectivity index (χ0) is 13.2. The SMILES string of the molecule is CC1CCN(S(=O)(=O)Nc2ccccc2N)CC1. The van der Waals surface area contributed by atoms with Gasteiger partial charge in [0.05, 0.1) is 11.4 Å². The van der Waals surface area contributed by atoms with Gasteiger partial charge in [-0.25, -0.2) is 0 Å². The Morgan fingerprint density at radius 3 is 2.50 bits per heavy atom. The summed E-state index contributed by atoms with van der Waals surface area (Å²) in [4.78, 5) is 0. The molecule has 3 N–H and O–H groups in total. The number of nitrogens with one attached hydrogen (secondary N) is 1. The summed E-state index contributed by atoms with van der Waals surface area (Å²) in [6, 6.07) is 6.87. The van der Waals surface area contributed by atoms with Crippen molar-refractivity contribution in [1.82, 2.24) is 4.31 Å². The highest BCUT2D eigenvalue weighted by atomic mass is 32.2. The van der Waals surface area contributed by atoms with Gasteiger partial charge in [0, 0.05) is 13.1 Å². The number of rotatable bonds is 3. The Hall–Kier alpha value is -1.27. The van der Waals surface area contributed by atoms with Crippen LogP contribution in [0.25, 0.3) is 0 Å². The molecule has 0 radical (unpaired) electrons. The van der Waals surface area contributed by atoms with Crippen LogP contribution in [-0.4, -0.2) is 25.8 Å². The topological polar surface area (TPSA) is 75.4 Å². The summed E-state index contributed by atoms with van der Waals surface area (Å²) in [6.07, 6.45) is 1.82. The van der Waals surface area contributed by atoms with Crippen molar-refractivity contribution in [3.63, 3.8) is 0 Å². The number of nitrogens with zero attached hydrogens (tertiary/aromatic N) is 1. The minimum absolute atomic E-state index is 0.437. The van der Waals surface area contributed by atoms with Crippen LogP contribution in [0.5, 0.6) is 0 Å². The first kappa shape index (κ1) is 13.2. The van der Waals surface area contributed by atoms with Crippen LogP contribution in [0.4, 0.5) is 11.4 Å². The highest BCUT2D eigenvalue weighted by Gasteiger charge is 2.26. The van der Waals surface area contributed by atoms with E-state index in [1.165, 1.54) is 4.31 Å². The number of hydrogen-bond donors (Lipinski definition) is 2. The molecule has 1 aliphatic rings. The van der Waals surface area contributed by atoms with Crippen molar-refractivity contribution in [2.24, 2.45) is 5.92 Å². The van der Waals surface area contributed by atoms with Gasteiger partial charge in [-0.3, -0.25) is 4.72 Å². The summed E-state index contributed by atoms with van der Waals surface area (Å²) in [5.41, 5.74) is 6.61. The van der Waals surface area contributed by atoms with Gasteiger partial charge in [-0.2, -0.15) is 12.7 Å². The molecule has 6 heteroatoms. The van der Waals surface area contributed by atoms with Crippen molar-refractivity contribution in [1.29, 1.82) is 0 Å². The third-order valence-electron chi connectivity index (χ3n) is 3.28. The van der Waals surface area contributed by atoms with Crippen LogP contribution in [0.2, 0.25) is 0 Å². The first-order valence-corrected chi connectivity index (χ1v) is 7.55. The van der Waals surface area contributed by atoms with Crippen LogP contribution in [0.15, 0.2) is 24.3 Å². The molecular formula is C12H19N3O2S. The number of anilines is 2. The molecule has 0 saturated carbocycles. The van der Waals surface area contributed by atoms with Gasteiger partial charge in [0.2, 0.25) is 0 Å². The second-order valence-corrected chi connectivity index (χ2v) is 6.45. The predicted molar refractivity (Wildman–Crippen MR) is 73.4 cm³/mol. The first-order chi connectivity index (χ1) is 8.49. The van der Waals surface area contributed by atoms with E-state index >= 15 is 0 Å². The highest BCUT2D eigenvalue weighted by Crippen LogP contribution is 2.23. The van der Waals surface area contributed by atoms with E-state index in [0.717, 1.165) is 12.8 Å². The molecule has 1 aromatic rings. The standard InChI is InChI=1S/C12H19N3O2S/c1-10-6-8-15(9-7-10)18(16,17)14-12-5-3-2-4-11(12)13/h2-5,10,14H,6-9,13H2,1H3. The van der Waals surface area contributed by atoms with E-state index in [2.05, 4.69) is 11.6 Å². The van der Waals surface area contributed by atoms with Crippen LogP contribution < -0.4 is 10.5 Å². The zero-order valence-electron chi connectivity index (χ0n) is 10.5. The first-order valence-electron chi connectivity index (χ1n) is 6.11. The molecular weight excluding hydrogens is 250 g/mol. The van der Waals surface area contributed by atoms with Crippen molar-refractivity contribution in [2.75, 3.05) is 23.5 Å². The Morgan fingerprint density at radius 2 is 1.89 bits per heavy atom. The Balaban J connectivity index is 2.10. The maximum absolute atomic E-state index is 12.2. The molecule has 0 aromatic heterocycles. The molecule has 0 atom stereocenters. The van der Waals surface area contributed by atoms with Gasteiger partial charge >= 0.3 is 10.2 Å². The third-order valence-corrected chi connectivity index (χ3v) is 4.81. The molecule has 18 heavy (non-hydrogen) atoms. The molecule has 1 aromatic carbocycles. The number of nitrogen functional groups attached to an aromatic ring is 1. The molecule has 1 heterocycles. The summed E-state index contributed by atoms with van der Waals surface area (Å²) in [7, 11) is -3.48. The van der Waals surface area contributed by atoms with Gasteiger partial charge in [-0.15, -0.1) is 0 Å². The quantitative estimate of drug-likeness (QED) is 0.819. The smallest absolute Gasteiger partial charge is 0.301 e. The monoisotopic (exact) mass is 269 g/mol. The van der Waals surface area contributed by atoms with Crippen LogP contribution in [-0.2, 0) is 10.2 Å². The number of para-hydroxylation sites is 2. The molecule has 100 valence electrons. The van der Waals surface area contributed by atoms with Crippen molar-refractivity contribution in [2.45, 2.75) is 19.8 Å². The fourth-order valence-corrected chi connectivity index (χ4v) is 3.30. The van der Waals surface area contributed by atoms with Crippen molar-refractivity contribution >= 4 is 21.6 Å². The average molecular weight is 269 g/mol. The summed E-state index contributed by atoms with van der Waals surface area (Å²) < 4.78 is 28.4. The van der Waals surface area contributed by atoms with Gasteiger partial charge in [0.1, 0.15) is 0 Å². The van der Waals surface area contributed by atoms with Gasteiger partial charge in [-0.05, 0) is 30.9 Å². The van der Waals surface area contributed by atoms with E-state index in [-0.39, 0.29) is 0 Å². The Labute approximate surface area is 108 Å². The van der Waals surface area contributed by atoms with E-state index in [9.17, 15) is 8.42 Å². The molecule has 1 saturated heterocycles. The molecule has 0 unspecified atom stereocenters. The largest absolute Gasteiger partial charge is 0.397 e. The van der Waals surface area contributed by atoms with E-state index < -0.39 is 10.2 Å². The lowest BCUT2D eigenvalue weighted by molar-refractivity contribution is 0.289. The van der Waals surface area contributed by atoms with Crippen molar-refractivity contribution < 1.29 is 8.42 Å². The average Bonchev–Trinajstić information content (AvgIpc) is 2.32. The van der Waals surface area contributed by atoms with Crippen LogP contribution in [0, 0.1) is 5.92 Å². The maximum Gasteiger partial charge on any atom is 0.301 e. The summed E-state index contributed by atoms with van der Waals surface area (Å²) in [6.45, 7) is 3.29. The lowest BCUT2D eigenvalue weighted by Crippen LogP contribution is -2.41. The van der Waals surface area contributed by atoms with E-state index in [1.54, 1.807) is 24.3 Å². The number of hydrogen-bond acceptors (Lipinski definition) is 3. The third kappa shape index (κ3) is 2.94. The minimum atomic E-state index is -3.48. The summed E-state index contributed by atoms with van der Waals surface area (Å²) in [5.74, 6) is 0.596. The summed E-state index contributed by atoms with van der Waals surface area (Å²) in [5, 5.41) is 0. The molecule has 5 nitrogen and oxygen atoms in total. The lowest BCUT2D eigenvalue weighted by Gasteiger charge is -2.29. The normalized spacial score (nSPS) is 18.7. The van der Waals surface area contributed by atoms with Gasteiger partial charge in [0.25, 0.3) is 0 Å². The molecule has 0 aliphatic carbocycles. The van der Waals surface area contributed by atoms with Gasteiger partial charge in [0.15, 0.2) is 0 Å². The maximum atomic E-state index is 12.2. The van der Waals surface area contributed by atoms with Crippen LogP contribution in [0.1, 0.15) is 19.8 Å². The highest BCUT2D eigenvalue weighted by molar-refractivity contribution is 7.90. The second kappa shape index (κ2) is 5.16. The van der Waals surface area contributed by atoms with E-state index in [1.807, 2.05) is 0 Å². The number of nitrogens with two attached hydrogens (primary N) is 1. The zero-order valence-corrected chi connectivity index (χ0v) is 11.3. The molecule has 1 fully saturated rings. The van der Waals surface area contributed by atoms with Crippen LogP contribution >= 0.6 is 0 Å². The summed E-state index contributed by atoms with van der Waals surface area (Å²) >= 11 is 0. The molecule has 0 bridgehead atoms. The van der Waals surface area contributed by atoms with Crippen LogP contribution in [0.3, 0.4) is 0 Å². The van der Waals surface area contributed by atoms with Crippen molar-refractivity contribution in [3.05, 3.63) is 24.3 Å². The number of benzene rings is 1. The fraction of sp³-hybridized carbons (Fsp3) is 0.500. The van der Waals surface area contributed by atoms with Gasteiger partial charge < -0.3 is 5.73 Å². The molecule has 1 aliphatic heterocycles. The lowest BCUT2D eigenvalue weighted by atomic mass is 10.0.